The number of hydrogen-bond acceptors (Lipinski definition) is 5. The molecule has 3 rings (SSSR count). The highest BCUT2D eigenvalue weighted by Gasteiger charge is 2.14. The number of carboxylic acids is 2. The Labute approximate surface area is 168 Å². The van der Waals surface area contributed by atoms with Gasteiger partial charge in [-0.05, 0) is 42.7 Å². The normalized spacial score (nSPS) is 10.8. The fraction of sp³-hybridized carbons (Fsp3) is 0.150. The van der Waals surface area contributed by atoms with Crippen LogP contribution < -0.4 is 15.5 Å². The largest absolute Gasteiger partial charge is 0.545 e. The third-order valence-electron chi connectivity index (χ3n) is 4.35. The number of carbonyl (C=O) groups excluding carboxylic acids is 3. The summed E-state index contributed by atoms with van der Waals surface area (Å²) in [5.41, 5.74) is 1.14. The average molecular weight is 443 g/mol. The van der Waals surface area contributed by atoms with Crippen molar-refractivity contribution in [3.05, 3.63) is 69.3 Å². The van der Waals surface area contributed by atoms with Gasteiger partial charge in [0.1, 0.15) is 0 Å². The molecule has 0 radical (unpaired) electrons. The first-order chi connectivity index (χ1) is 13.4. The summed E-state index contributed by atoms with van der Waals surface area (Å²) in [6, 6.07) is 11.2. The van der Waals surface area contributed by atoms with E-state index in [-0.39, 0.29) is 23.4 Å². The van der Waals surface area contributed by atoms with Crippen LogP contribution in [0.5, 0.6) is 0 Å². The highest BCUT2D eigenvalue weighted by molar-refractivity contribution is 9.10. The summed E-state index contributed by atoms with van der Waals surface area (Å²) in [5, 5.41) is 25.9. The summed E-state index contributed by atoms with van der Waals surface area (Å²) < 4.78 is 0.817. The predicted molar refractivity (Wildman–Crippen MR) is 102 cm³/mol. The number of H-pyrrole nitrogens is 1. The molecule has 0 fully saturated rings. The van der Waals surface area contributed by atoms with Gasteiger partial charge in [-0.3, -0.25) is 4.79 Å². The second kappa shape index (κ2) is 8.26. The molecule has 1 heterocycles. The van der Waals surface area contributed by atoms with Crippen LogP contribution in [0, 0.1) is 0 Å². The maximum Gasteiger partial charge on any atom is 0.251 e. The topological polar surface area (TPSA) is 125 Å². The van der Waals surface area contributed by atoms with Gasteiger partial charge in [0.25, 0.3) is 5.91 Å². The number of hydrogen-bond donors (Lipinski definition) is 2. The van der Waals surface area contributed by atoms with E-state index in [1.807, 2.05) is 6.07 Å². The maximum absolute atomic E-state index is 12.2. The molecular weight excluding hydrogens is 428 g/mol. The lowest BCUT2D eigenvalue weighted by Gasteiger charge is -2.11. The minimum absolute atomic E-state index is 0.0155. The lowest BCUT2D eigenvalue weighted by molar-refractivity contribution is -0.256. The fourth-order valence-corrected chi connectivity index (χ4v) is 3.44. The molecule has 28 heavy (non-hydrogen) atoms. The second-order valence-electron chi connectivity index (χ2n) is 6.15. The number of fused-ring (bicyclic) bond motifs is 1. The van der Waals surface area contributed by atoms with Crippen LogP contribution in [0.1, 0.15) is 43.2 Å². The van der Waals surface area contributed by atoms with Gasteiger partial charge in [-0.2, -0.15) is 0 Å². The molecule has 7 nitrogen and oxygen atoms in total. The molecule has 0 saturated heterocycles. The summed E-state index contributed by atoms with van der Waals surface area (Å²) in [5.74, 6) is -3.25. The molecular formula is C20H15BrN2O5-2. The Morgan fingerprint density at radius 2 is 1.71 bits per heavy atom. The van der Waals surface area contributed by atoms with E-state index in [1.54, 1.807) is 18.2 Å². The molecule has 2 aromatic carbocycles. The molecule has 1 amide bonds. The van der Waals surface area contributed by atoms with E-state index in [0.29, 0.717) is 23.9 Å². The average Bonchev–Trinajstić information content (AvgIpc) is 3.03. The minimum Gasteiger partial charge on any atom is -0.545 e. The summed E-state index contributed by atoms with van der Waals surface area (Å²) in [6.45, 7) is 0.243. The van der Waals surface area contributed by atoms with Crippen LogP contribution in [0.15, 0.2) is 46.9 Å². The van der Waals surface area contributed by atoms with Gasteiger partial charge in [0.15, 0.2) is 0 Å². The third-order valence-corrected chi connectivity index (χ3v) is 4.85. The van der Waals surface area contributed by atoms with Gasteiger partial charge in [0.05, 0.1) is 17.6 Å². The molecule has 2 N–H and O–H groups in total. The number of carbonyl (C=O) groups is 3. The third kappa shape index (κ3) is 4.07. The molecule has 1 aromatic heterocycles. The van der Waals surface area contributed by atoms with Crippen molar-refractivity contribution < 1.29 is 24.6 Å². The highest BCUT2D eigenvalue weighted by atomic mass is 79.9. The molecule has 0 aliphatic rings. The number of nitrogens with one attached hydrogen (secondary N) is 2. The zero-order chi connectivity index (χ0) is 20.3. The molecule has 0 bridgehead atoms. The van der Waals surface area contributed by atoms with Crippen LogP contribution >= 0.6 is 15.9 Å². The number of aryl methyl sites for hydroxylation is 1. The number of aromatic carboxylic acids is 2. The Kier molecular flexibility index (Phi) is 5.79. The molecule has 0 aliphatic carbocycles. The molecule has 0 spiro atoms. The van der Waals surface area contributed by atoms with Crippen molar-refractivity contribution >= 4 is 44.7 Å². The second-order valence-corrected chi connectivity index (χ2v) is 7.06. The van der Waals surface area contributed by atoms with Crippen LogP contribution in [0.3, 0.4) is 0 Å². The molecule has 3 aromatic rings. The highest BCUT2D eigenvalue weighted by Crippen LogP contribution is 2.26. The Morgan fingerprint density at radius 1 is 1.00 bits per heavy atom. The molecule has 0 atom stereocenters. The van der Waals surface area contributed by atoms with Crippen molar-refractivity contribution in [1.29, 1.82) is 0 Å². The van der Waals surface area contributed by atoms with Gasteiger partial charge in [-0.15, -0.1) is 0 Å². The molecule has 0 unspecified atom stereocenters. The van der Waals surface area contributed by atoms with Gasteiger partial charge in [-0.25, -0.2) is 0 Å². The van der Waals surface area contributed by atoms with Crippen molar-refractivity contribution in [2.75, 3.05) is 6.54 Å². The van der Waals surface area contributed by atoms with Crippen molar-refractivity contribution in [2.24, 2.45) is 0 Å². The van der Waals surface area contributed by atoms with E-state index in [9.17, 15) is 24.6 Å². The van der Waals surface area contributed by atoms with Crippen molar-refractivity contribution in [1.82, 2.24) is 10.3 Å². The number of carboxylic acid groups (broad SMARTS) is 2. The van der Waals surface area contributed by atoms with Crippen LogP contribution in [-0.2, 0) is 6.42 Å². The molecule has 8 heteroatoms. The van der Waals surface area contributed by atoms with Crippen molar-refractivity contribution in [2.45, 2.75) is 12.8 Å². The van der Waals surface area contributed by atoms with Crippen LogP contribution in [0.25, 0.3) is 10.9 Å². The van der Waals surface area contributed by atoms with E-state index in [1.165, 1.54) is 18.2 Å². The van der Waals surface area contributed by atoms with Gasteiger partial charge < -0.3 is 30.1 Å². The standard InChI is InChI=1S/C20H17BrN2O5/c21-11-7-8-16-15(10-11)12(17(23-16)20(27)28)6-3-9-22-18(24)13-4-1-2-5-14(13)19(25)26/h1-2,4-5,7-8,10,23H,3,6,9H2,(H,22,24)(H,25,26)(H,27,28)/p-2. The number of aromatic nitrogens is 1. The zero-order valence-corrected chi connectivity index (χ0v) is 16.2. The Morgan fingerprint density at radius 3 is 2.39 bits per heavy atom. The van der Waals surface area contributed by atoms with Gasteiger partial charge in [-0.1, -0.05) is 34.1 Å². The lowest BCUT2D eigenvalue weighted by Crippen LogP contribution is -2.30. The van der Waals surface area contributed by atoms with Crippen LogP contribution in [-0.4, -0.2) is 29.4 Å². The quantitative estimate of drug-likeness (QED) is 0.528. The smallest absolute Gasteiger partial charge is 0.251 e. The van der Waals surface area contributed by atoms with Crippen LogP contribution in [0.4, 0.5) is 0 Å². The number of amides is 1. The molecule has 0 aliphatic heterocycles. The molecule has 0 saturated carbocycles. The summed E-state index contributed by atoms with van der Waals surface area (Å²) >= 11 is 3.37. The maximum atomic E-state index is 12.2. The number of benzene rings is 2. The van der Waals surface area contributed by atoms with E-state index in [0.717, 1.165) is 9.86 Å². The summed E-state index contributed by atoms with van der Waals surface area (Å²) in [4.78, 5) is 37.6. The SMILES string of the molecule is O=C([O-])c1ccccc1C(=O)NCCCc1c(C(=O)[O-])[nH]c2ccc(Br)cc12. The van der Waals surface area contributed by atoms with E-state index in [4.69, 9.17) is 0 Å². The monoisotopic (exact) mass is 442 g/mol. The van der Waals surface area contributed by atoms with Crippen LogP contribution in [0.2, 0.25) is 0 Å². The van der Waals surface area contributed by atoms with E-state index >= 15 is 0 Å². The van der Waals surface area contributed by atoms with E-state index in [2.05, 4.69) is 26.2 Å². The first kappa shape index (κ1) is 19.6. The fourth-order valence-electron chi connectivity index (χ4n) is 3.08. The lowest BCUT2D eigenvalue weighted by atomic mass is 10.0. The number of halogens is 1. The predicted octanol–water partition coefficient (Wildman–Crippen LogP) is 1.02. The minimum atomic E-state index is -1.42. The van der Waals surface area contributed by atoms with Crippen molar-refractivity contribution in [3.8, 4) is 0 Å². The Bertz CT molecular complexity index is 1070. The molecule has 144 valence electrons. The Balaban J connectivity index is 1.70. The van der Waals surface area contributed by atoms with E-state index < -0.39 is 17.8 Å². The number of rotatable bonds is 7. The number of aromatic amines is 1. The van der Waals surface area contributed by atoms with Gasteiger partial charge in [0, 0.05) is 33.0 Å². The zero-order valence-electron chi connectivity index (χ0n) is 14.6. The Hall–Kier alpha value is -3.13. The van der Waals surface area contributed by atoms with Crippen molar-refractivity contribution in [3.63, 3.8) is 0 Å². The van der Waals surface area contributed by atoms with Gasteiger partial charge >= 0.3 is 0 Å². The van der Waals surface area contributed by atoms with Gasteiger partial charge in [0.2, 0.25) is 0 Å². The first-order valence-corrected chi connectivity index (χ1v) is 9.28. The summed E-state index contributed by atoms with van der Waals surface area (Å²) in [7, 11) is 0. The first-order valence-electron chi connectivity index (χ1n) is 8.48. The summed E-state index contributed by atoms with van der Waals surface area (Å²) in [6.07, 6.45) is 0.848.